The Labute approximate surface area is 319 Å². The van der Waals surface area contributed by atoms with Crippen LogP contribution >= 0.6 is 22.9 Å². The Balaban J connectivity index is 0.910. The molecule has 3 aromatic heterocycles. The molecule has 6 heterocycles. The van der Waals surface area contributed by atoms with Crippen LogP contribution in [0.2, 0.25) is 5.02 Å². The Morgan fingerprint density at radius 1 is 1.02 bits per heavy atom. The van der Waals surface area contributed by atoms with Crippen LogP contribution in [0.15, 0.2) is 58.4 Å². The maximum absolute atomic E-state index is 13.5. The number of thiophene rings is 1. The number of aliphatic imine (C=N–C) groups is 1. The minimum absolute atomic E-state index is 0.114. The van der Waals surface area contributed by atoms with E-state index in [1.54, 1.807) is 17.5 Å². The molecule has 2 saturated heterocycles. The van der Waals surface area contributed by atoms with E-state index in [0.717, 1.165) is 65.1 Å². The molecule has 2 fully saturated rings. The Kier molecular flexibility index (Phi) is 9.62. The van der Waals surface area contributed by atoms with E-state index < -0.39 is 18.0 Å². The highest BCUT2D eigenvalue weighted by molar-refractivity contribution is 7.15. The zero-order valence-corrected chi connectivity index (χ0v) is 31.7. The van der Waals surface area contributed by atoms with Gasteiger partial charge in [0, 0.05) is 77.8 Å². The lowest BCUT2D eigenvalue weighted by molar-refractivity contribution is -0.136. The van der Waals surface area contributed by atoms with Gasteiger partial charge in [-0.1, -0.05) is 29.8 Å². The third-order valence-corrected chi connectivity index (χ3v) is 12.0. The van der Waals surface area contributed by atoms with Crippen LogP contribution < -0.4 is 21.1 Å². The van der Waals surface area contributed by atoms with E-state index >= 15 is 0 Å². The number of benzene rings is 2. The second-order valence-electron chi connectivity index (χ2n) is 13.9. The fourth-order valence-corrected chi connectivity index (χ4v) is 8.78. The first kappa shape index (κ1) is 35.8. The van der Waals surface area contributed by atoms with Crippen molar-refractivity contribution in [3.8, 4) is 5.00 Å². The van der Waals surface area contributed by atoms with Gasteiger partial charge in [-0.25, -0.2) is 4.68 Å². The highest BCUT2D eigenvalue weighted by Crippen LogP contribution is 2.39. The molecular weight excluding hydrogens is 728 g/mol. The molecule has 3 amide bonds. The topological polar surface area (TPSA) is 160 Å². The maximum Gasteiger partial charge on any atom is 0.275 e. The quantitative estimate of drug-likeness (QED) is 0.224. The number of imide groups is 1. The summed E-state index contributed by atoms with van der Waals surface area (Å²) in [4.78, 5) is 61.9. The van der Waals surface area contributed by atoms with E-state index in [9.17, 15) is 19.2 Å². The number of rotatable bonds is 8. The van der Waals surface area contributed by atoms with Gasteiger partial charge in [0.2, 0.25) is 11.8 Å². The number of piperazine rings is 1. The predicted molar refractivity (Wildman–Crippen MR) is 207 cm³/mol. The largest absolute Gasteiger partial charge is 0.369 e. The molecule has 16 heteroatoms. The lowest BCUT2D eigenvalue weighted by Gasteiger charge is -2.36. The van der Waals surface area contributed by atoms with Crippen molar-refractivity contribution in [1.29, 1.82) is 0 Å². The molecule has 2 atom stereocenters. The summed E-state index contributed by atoms with van der Waals surface area (Å²) in [6.07, 6.45) is 2.11. The van der Waals surface area contributed by atoms with Gasteiger partial charge < -0.3 is 10.2 Å². The summed E-state index contributed by atoms with van der Waals surface area (Å²) in [7, 11) is 0. The molecule has 3 aliphatic heterocycles. The van der Waals surface area contributed by atoms with Gasteiger partial charge >= 0.3 is 0 Å². The van der Waals surface area contributed by atoms with Crippen LogP contribution in [0, 0.1) is 20.8 Å². The Morgan fingerprint density at radius 3 is 2.56 bits per heavy atom. The maximum atomic E-state index is 13.5. The van der Waals surface area contributed by atoms with Gasteiger partial charge in [-0.3, -0.25) is 39.0 Å². The number of anilines is 1. The number of hydrogen-bond donors (Lipinski definition) is 2. The van der Waals surface area contributed by atoms with Crippen molar-refractivity contribution in [1.82, 2.24) is 40.1 Å². The minimum Gasteiger partial charge on any atom is -0.369 e. The molecule has 2 aromatic carbocycles. The highest BCUT2D eigenvalue weighted by atomic mass is 35.5. The van der Waals surface area contributed by atoms with Gasteiger partial charge in [-0.05, 0) is 57.0 Å². The summed E-state index contributed by atoms with van der Waals surface area (Å²) in [5, 5.41) is 21.4. The van der Waals surface area contributed by atoms with Crippen LogP contribution in [0.25, 0.3) is 15.8 Å². The number of piperidine rings is 1. The van der Waals surface area contributed by atoms with Gasteiger partial charge in [-0.2, -0.15) is 5.10 Å². The van der Waals surface area contributed by atoms with E-state index in [1.165, 1.54) is 9.56 Å². The first-order valence-corrected chi connectivity index (χ1v) is 19.2. The summed E-state index contributed by atoms with van der Waals surface area (Å²) in [5.74, 6) is 0.426. The predicted octanol–water partition coefficient (Wildman–Crippen LogP) is 3.82. The van der Waals surface area contributed by atoms with Gasteiger partial charge in [0.15, 0.2) is 5.82 Å². The SMILES string of the molecule is Cc1sc2c(c1C)C(c1ccc(Cl)cc1)=N[C@@H](CC(=O)NCCN1CCN(c3ccc4cnn(C5CCC(=O)NC5=O)c(=O)c4c3)CC1)c1nnc(C)n1-2. The van der Waals surface area contributed by atoms with Crippen molar-refractivity contribution in [2.75, 3.05) is 44.2 Å². The van der Waals surface area contributed by atoms with Crippen LogP contribution in [0.3, 0.4) is 0 Å². The molecule has 5 aromatic rings. The third kappa shape index (κ3) is 6.71. The molecule has 278 valence electrons. The number of amides is 3. The van der Waals surface area contributed by atoms with Crippen LogP contribution in [0.4, 0.5) is 5.69 Å². The average Bonchev–Trinajstić information content (AvgIpc) is 3.64. The molecule has 14 nitrogen and oxygen atoms in total. The van der Waals surface area contributed by atoms with Gasteiger partial charge in [-0.15, -0.1) is 21.5 Å². The Bertz CT molecular complexity index is 2390. The number of carbonyl (C=O) groups is 3. The van der Waals surface area contributed by atoms with Crippen molar-refractivity contribution < 1.29 is 14.4 Å². The van der Waals surface area contributed by atoms with E-state index in [2.05, 4.69) is 49.6 Å². The van der Waals surface area contributed by atoms with Gasteiger partial charge in [0.1, 0.15) is 22.9 Å². The summed E-state index contributed by atoms with van der Waals surface area (Å²) in [5.41, 5.74) is 4.46. The molecule has 0 spiro atoms. The fraction of sp³-hybridized carbons (Fsp3) is 0.368. The third-order valence-electron chi connectivity index (χ3n) is 10.5. The van der Waals surface area contributed by atoms with Crippen molar-refractivity contribution >= 4 is 62.8 Å². The number of halogens is 1. The smallest absolute Gasteiger partial charge is 0.275 e. The first-order chi connectivity index (χ1) is 26.0. The van der Waals surface area contributed by atoms with Crippen molar-refractivity contribution in [2.24, 2.45) is 4.99 Å². The van der Waals surface area contributed by atoms with Crippen molar-refractivity contribution in [3.05, 3.63) is 97.3 Å². The molecular formula is C38H39ClN10O4S. The molecule has 3 aliphatic rings. The fourth-order valence-electron chi connectivity index (χ4n) is 7.44. The minimum atomic E-state index is -0.814. The second kappa shape index (κ2) is 14.5. The first-order valence-electron chi connectivity index (χ1n) is 18.0. The molecule has 54 heavy (non-hydrogen) atoms. The Hall–Kier alpha value is -5.25. The normalized spacial score (nSPS) is 18.9. The molecule has 8 rings (SSSR count). The highest BCUT2D eigenvalue weighted by Gasteiger charge is 2.33. The second-order valence-corrected chi connectivity index (χ2v) is 15.6. The summed E-state index contributed by atoms with van der Waals surface area (Å²) < 4.78 is 3.23. The number of aryl methyl sites for hydroxylation is 2. The van der Waals surface area contributed by atoms with Crippen LogP contribution in [0.5, 0.6) is 0 Å². The van der Waals surface area contributed by atoms with E-state index in [1.807, 2.05) is 54.0 Å². The number of nitrogens with zero attached hydrogens (tertiary/aromatic N) is 8. The molecule has 1 unspecified atom stereocenters. The van der Waals surface area contributed by atoms with Crippen LogP contribution in [-0.4, -0.2) is 92.1 Å². The molecule has 0 aliphatic carbocycles. The number of fused-ring (bicyclic) bond motifs is 4. The zero-order valence-electron chi connectivity index (χ0n) is 30.1. The molecule has 2 N–H and O–H groups in total. The summed E-state index contributed by atoms with van der Waals surface area (Å²) in [6, 6.07) is 12.0. The zero-order chi connectivity index (χ0) is 37.7. The number of aromatic nitrogens is 5. The van der Waals surface area contributed by atoms with E-state index in [0.29, 0.717) is 34.7 Å². The monoisotopic (exact) mass is 766 g/mol. The molecule has 0 saturated carbocycles. The van der Waals surface area contributed by atoms with Crippen molar-refractivity contribution in [3.63, 3.8) is 0 Å². The lowest BCUT2D eigenvalue weighted by atomic mass is 9.99. The molecule has 0 radical (unpaired) electrons. The van der Waals surface area contributed by atoms with Crippen molar-refractivity contribution in [2.45, 2.75) is 52.1 Å². The summed E-state index contributed by atoms with van der Waals surface area (Å²) >= 11 is 7.92. The van der Waals surface area contributed by atoms with E-state index in [4.69, 9.17) is 16.6 Å². The number of nitrogens with one attached hydrogen (secondary N) is 2. The number of carbonyl (C=O) groups excluding carboxylic acids is 3. The number of hydrogen-bond acceptors (Lipinski definition) is 11. The summed E-state index contributed by atoms with van der Waals surface area (Å²) in [6.45, 7) is 10.4. The average molecular weight is 767 g/mol. The van der Waals surface area contributed by atoms with Gasteiger partial charge in [0.25, 0.3) is 11.5 Å². The van der Waals surface area contributed by atoms with E-state index in [-0.39, 0.29) is 36.6 Å². The lowest BCUT2D eigenvalue weighted by Crippen LogP contribution is -2.48. The Morgan fingerprint density at radius 2 is 1.80 bits per heavy atom. The van der Waals surface area contributed by atoms with Gasteiger partial charge in [0.05, 0.1) is 23.7 Å². The molecule has 0 bridgehead atoms. The standard InChI is InChI=1S/C38H39ClN10O4S/c1-21-22(2)54-38-33(21)34(24-4-7-26(39)8-5-24)42-29(35-45-44-23(3)48(35)38)19-32(51)40-12-13-46-14-16-47(17-15-46)27-9-6-25-20-41-49(37(53)28(25)18-27)30-10-11-31(50)43-36(30)52/h4-9,18,20,29-30H,10-17,19H2,1-3H3,(H,40,51)(H,43,50,52)/t29-,30?/m0/s1. The van der Waals surface area contributed by atoms with Crippen LogP contribution in [-0.2, 0) is 14.4 Å². The van der Waals surface area contributed by atoms with Crippen LogP contribution in [0.1, 0.15) is 64.6 Å².